The summed E-state index contributed by atoms with van der Waals surface area (Å²) in [6.07, 6.45) is 0. The standard InChI is InChI=1S/C10H11NO3/c1-6-2-7(8(12)4-11)10-9(3-6)13-5-14-10/h2-3H,4-5,11H2,1H3. The first kappa shape index (κ1) is 9.02. The first-order chi connectivity index (χ1) is 6.72. The summed E-state index contributed by atoms with van der Waals surface area (Å²) in [6, 6.07) is 3.61. The minimum atomic E-state index is -0.129. The van der Waals surface area contributed by atoms with E-state index in [0.29, 0.717) is 17.1 Å². The molecule has 0 saturated heterocycles. The van der Waals surface area contributed by atoms with Crippen molar-refractivity contribution in [3.63, 3.8) is 0 Å². The minimum Gasteiger partial charge on any atom is -0.454 e. The highest BCUT2D eigenvalue weighted by molar-refractivity contribution is 6.01. The molecular formula is C10H11NO3. The van der Waals surface area contributed by atoms with Crippen molar-refractivity contribution in [1.29, 1.82) is 0 Å². The number of hydrogen-bond donors (Lipinski definition) is 1. The smallest absolute Gasteiger partial charge is 0.231 e. The zero-order valence-corrected chi connectivity index (χ0v) is 7.87. The van der Waals surface area contributed by atoms with Crippen LogP contribution in [-0.2, 0) is 0 Å². The number of nitrogens with two attached hydrogens (primary N) is 1. The monoisotopic (exact) mass is 193 g/mol. The van der Waals surface area contributed by atoms with E-state index in [0.717, 1.165) is 5.56 Å². The Hall–Kier alpha value is -1.55. The van der Waals surface area contributed by atoms with E-state index >= 15 is 0 Å². The van der Waals surface area contributed by atoms with E-state index in [-0.39, 0.29) is 19.1 Å². The van der Waals surface area contributed by atoms with Gasteiger partial charge in [-0.15, -0.1) is 0 Å². The molecule has 0 fully saturated rings. The average molecular weight is 193 g/mol. The number of hydrogen-bond acceptors (Lipinski definition) is 4. The number of ether oxygens (including phenoxy) is 2. The second-order valence-electron chi connectivity index (χ2n) is 3.17. The van der Waals surface area contributed by atoms with Crippen LogP contribution in [-0.4, -0.2) is 19.1 Å². The average Bonchev–Trinajstić information content (AvgIpc) is 2.62. The van der Waals surface area contributed by atoms with E-state index in [1.54, 1.807) is 6.07 Å². The van der Waals surface area contributed by atoms with Gasteiger partial charge in [0.05, 0.1) is 12.1 Å². The predicted molar refractivity (Wildman–Crippen MR) is 50.7 cm³/mol. The molecule has 0 aromatic heterocycles. The summed E-state index contributed by atoms with van der Waals surface area (Å²) in [5.41, 5.74) is 6.78. The van der Waals surface area contributed by atoms with Crippen LogP contribution in [0.3, 0.4) is 0 Å². The normalized spacial score (nSPS) is 13.0. The minimum absolute atomic E-state index is 0.0146. The van der Waals surface area contributed by atoms with Crippen molar-refractivity contribution in [3.05, 3.63) is 23.3 Å². The molecule has 0 amide bonds. The van der Waals surface area contributed by atoms with Crippen molar-refractivity contribution in [3.8, 4) is 11.5 Å². The zero-order valence-electron chi connectivity index (χ0n) is 7.87. The number of carbonyl (C=O) groups is 1. The second-order valence-corrected chi connectivity index (χ2v) is 3.17. The van der Waals surface area contributed by atoms with Crippen molar-refractivity contribution in [2.24, 2.45) is 5.73 Å². The quantitative estimate of drug-likeness (QED) is 0.708. The topological polar surface area (TPSA) is 61.6 Å². The lowest BCUT2D eigenvalue weighted by atomic mass is 10.1. The molecule has 1 aromatic rings. The summed E-state index contributed by atoms with van der Waals surface area (Å²) in [5.74, 6) is 1.02. The fraction of sp³-hybridized carbons (Fsp3) is 0.300. The lowest BCUT2D eigenvalue weighted by Crippen LogP contribution is -2.14. The summed E-state index contributed by atoms with van der Waals surface area (Å²) in [7, 11) is 0. The van der Waals surface area contributed by atoms with Gasteiger partial charge < -0.3 is 15.2 Å². The van der Waals surface area contributed by atoms with Gasteiger partial charge in [-0.2, -0.15) is 0 Å². The molecule has 0 radical (unpaired) electrons. The lowest BCUT2D eigenvalue weighted by molar-refractivity contribution is 0.0996. The largest absolute Gasteiger partial charge is 0.454 e. The molecular weight excluding hydrogens is 182 g/mol. The molecule has 1 aliphatic heterocycles. The number of aryl methyl sites for hydroxylation is 1. The van der Waals surface area contributed by atoms with Crippen LogP contribution in [0.5, 0.6) is 11.5 Å². The van der Waals surface area contributed by atoms with Crippen LogP contribution in [0.2, 0.25) is 0 Å². The Morgan fingerprint density at radius 3 is 3.00 bits per heavy atom. The van der Waals surface area contributed by atoms with Crippen molar-refractivity contribution >= 4 is 5.78 Å². The summed E-state index contributed by atoms with van der Waals surface area (Å²) in [4.78, 5) is 11.5. The van der Waals surface area contributed by atoms with Crippen LogP contribution < -0.4 is 15.2 Å². The molecule has 0 spiro atoms. The zero-order chi connectivity index (χ0) is 10.1. The molecule has 0 aliphatic carbocycles. The number of rotatable bonds is 2. The Morgan fingerprint density at radius 1 is 1.50 bits per heavy atom. The molecule has 4 nitrogen and oxygen atoms in total. The van der Waals surface area contributed by atoms with Crippen LogP contribution in [0.15, 0.2) is 12.1 Å². The van der Waals surface area contributed by atoms with Gasteiger partial charge in [-0.05, 0) is 24.6 Å². The van der Waals surface area contributed by atoms with Gasteiger partial charge >= 0.3 is 0 Å². The molecule has 0 saturated carbocycles. The number of carbonyl (C=O) groups excluding carboxylic acids is 1. The van der Waals surface area contributed by atoms with Gasteiger partial charge in [0.1, 0.15) is 0 Å². The maximum atomic E-state index is 11.5. The molecule has 74 valence electrons. The van der Waals surface area contributed by atoms with Gasteiger partial charge in [-0.1, -0.05) is 0 Å². The van der Waals surface area contributed by atoms with Crippen LogP contribution in [0, 0.1) is 6.92 Å². The summed E-state index contributed by atoms with van der Waals surface area (Å²) < 4.78 is 10.4. The Balaban J connectivity index is 2.54. The highest BCUT2D eigenvalue weighted by atomic mass is 16.7. The lowest BCUT2D eigenvalue weighted by Gasteiger charge is -2.04. The summed E-state index contributed by atoms with van der Waals surface area (Å²) in [5, 5.41) is 0. The SMILES string of the molecule is Cc1cc2c(c(C(=O)CN)c1)OCO2. The number of ketones is 1. The van der Waals surface area contributed by atoms with E-state index < -0.39 is 0 Å². The van der Waals surface area contributed by atoms with E-state index in [1.165, 1.54) is 0 Å². The van der Waals surface area contributed by atoms with Gasteiger partial charge in [0.2, 0.25) is 6.79 Å². The Labute approximate surface area is 81.6 Å². The Kier molecular flexibility index (Phi) is 2.13. The maximum absolute atomic E-state index is 11.5. The first-order valence-corrected chi connectivity index (χ1v) is 4.36. The van der Waals surface area contributed by atoms with Gasteiger partial charge in [-0.25, -0.2) is 0 Å². The third kappa shape index (κ3) is 1.33. The molecule has 14 heavy (non-hydrogen) atoms. The van der Waals surface area contributed by atoms with Crippen molar-refractivity contribution in [2.45, 2.75) is 6.92 Å². The summed E-state index contributed by atoms with van der Waals surface area (Å²) >= 11 is 0. The number of fused-ring (bicyclic) bond motifs is 1. The molecule has 0 bridgehead atoms. The molecule has 2 N–H and O–H groups in total. The van der Waals surface area contributed by atoms with Gasteiger partial charge in [0.15, 0.2) is 17.3 Å². The van der Waals surface area contributed by atoms with Gasteiger partial charge in [0.25, 0.3) is 0 Å². The number of benzene rings is 1. The van der Waals surface area contributed by atoms with E-state index in [9.17, 15) is 4.79 Å². The van der Waals surface area contributed by atoms with Gasteiger partial charge in [-0.3, -0.25) is 4.79 Å². The van der Waals surface area contributed by atoms with E-state index in [4.69, 9.17) is 15.2 Å². The Bertz CT molecular complexity index is 387. The predicted octanol–water partition coefficient (Wildman–Crippen LogP) is 0.865. The first-order valence-electron chi connectivity index (χ1n) is 4.36. The number of Topliss-reactive ketones (excluding diaryl/α,β-unsaturated/α-hetero) is 1. The van der Waals surface area contributed by atoms with E-state index in [2.05, 4.69) is 0 Å². The fourth-order valence-corrected chi connectivity index (χ4v) is 1.46. The maximum Gasteiger partial charge on any atom is 0.231 e. The molecule has 0 unspecified atom stereocenters. The third-order valence-corrected chi connectivity index (χ3v) is 2.10. The van der Waals surface area contributed by atoms with Crippen molar-refractivity contribution in [1.82, 2.24) is 0 Å². The summed E-state index contributed by atoms with van der Waals surface area (Å²) in [6.45, 7) is 2.05. The fourth-order valence-electron chi connectivity index (χ4n) is 1.46. The molecule has 2 rings (SSSR count). The molecule has 1 aliphatic rings. The van der Waals surface area contributed by atoms with E-state index in [1.807, 2.05) is 13.0 Å². The third-order valence-electron chi connectivity index (χ3n) is 2.10. The van der Waals surface area contributed by atoms with Crippen LogP contribution in [0.1, 0.15) is 15.9 Å². The van der Waals surface area contributed by atoms with Crippen LogP contribution in [0.25, 0.3) is 0 Å². The molecule has 1 heterocycles. The van der Waals surface area contributed by atoms with Crippen molar-refractivity contribution < 1.29 is 14.3 Å². The van der Waals surface area contributed by atoms with Crippen LogP contribution in [0.4, 0.5) is 0 Å². The Morgan fingerprint density at radius 2 is 2.29 bits per heavy atom. The second kappa shape index (κ2) is 3.31. The molecule has 1 aromatic carbocycles. The van der Waals surface area contributed by atoms with Gasteiger partial charge in [0, 0.05) is 0 Å². The van der Waals surface area contributed by atoms with Crippen molar-refractivity contribution in [2.75, 3.05) is 13.3 Å². The highest BCUT2D eigenvalue weighted by Crippen LogP contribution is 2.36. The molecule has 0 atom stereocenters. The van der Waals surface area contributed by atoms with Crippen LogP contribution >= 0.6 is 0 Å². The molecule has 4 heteroatoms. The highest BCUT2D eigenvalue weighted by Gasteiger charge is 2.21.